The quantitative estimate of drug-likeness (QED) is 0.263. The highest BCUT2D eigenvalue weighted by atomic mass is 32.1. The fraction of sp³-hybridized carbons (Fsp3) is 0.286. The summed E-state index contributed by atoms with van der Waals surface area (Å²) in [6, 6.07) is 22.5. The van der Waals surface area contributed by atoms with Gasteiger partial charge in [0.1, 0.15) is 0 Å². The first-order valence-electron chi connectivity index (χ1n) is 14.9. The third-order valence-electron chi connectivity index (χ3n) is 8.01. The van der Waals surface area contributed by atoms with Crippen LogP contribution in [0.2, 0.25) is 0 Å². The van der Waals surface area contributed by atoms with Gasteiger partial charge >= 0.3 is 5.97 Å². The maximum atomic E-state index is 14.2. The molecule has 226 valence electrons. The van der Waals surface area contributed by atoms with E-state index in [1.807, 2.05) is 54.6 Å². The molecule has 1 atom stereocenters. The van der Waals surface area contributed by atoms with Crippen LogP contribution in [-0.4, -0.2) is 44.5 Å². The molecule has 9 heteroatoms. The van der Waals surface area contributed by atoms with E-state index in [4.69, 9.17) is 19.2 Å². The van der Waals surface area contributed by atoms with Gasteiger partial charge in [-0.25, -0.2) is 9.79 Å². The van der Waals surface area contributed by atoms with Gasteiger partial charge in [0.25, 0.3) is 5.56 Å². The third-order valence-corrected chi connectivity index (χ3v) is 8.99. The van der Waals surface area contributed by atoms with E-state index in [1.54, 1.807) is 37.8 Å². The first-order valence-corrected chi connectivity index (χ1v) is 15.7. The van der Waals surface area contributed by atoms with Crippen molar-refractivity contribution >= 4 is 34.8 Å². The van der Waals surface area contributed by atoms with Crippen LogP contribution >= 0.6 is 11.3 Å². The molecular weight excluding hydrogens is 574 g/mol. The van der Waals surface area contributed by atoms with Crippen LogP contribution in [0.4, 0.5) is 5.69 Å². The lowest BCUT2D eigenvalue weighted by Crippen LogP contribution is -2.40. The standard InChI is InChI=1S/C35H35N3O5S/c1-4-43-34(40)30-31(24-11-7-5-8-12-24)36-35-38(32(30)25-15-18-27(41-2)28(22-25)42-3)33(39)29(44-35)21-23-13-16-26(17-14-23)37-19-9-6-10-20-37/h5,7-8,11-18,21-22,32H,4,6,9-10,19-20H2,1-3H3/b29-21+/t32-/m1/s1. The molecule has 0 bridgehead atoms. The molecule has 44 heavy (non-hydrogen) atoms. The molecule has 0 saturated carbocycles. The highest BCUT2D eigenvalue weighted by Crippen LogP contribution is 2.38. The van der Waals surface area contributed by atoms with Crippen molar-refractivity contribution in [1.29, 1.82) is 0 Å². The highest BCUT2D eigenvalue weighted by molar-refractivity contribution is 7.07. The lowest BCUT2D eigenvalue weighted by molar-refractivity contribution is -0.138. The van der Waals surface area contributed by atoms with Crippen molar-refractivity contribution in [3.05, 3.63) is 115 Å². The maximum absolute atomic E-state index is 14.2. The molecule has 2 aliphatic rings. The van der Waals surface area contributed by atoms with Gasteiger partial charge in [0.2, 0.25) is 0 Å². The molecule has 0 amide bonds. The van der Waals surface area contributed by atoms with E-state index in [0.29, 0.717) is 32.1 Å². The van der Waals surface area contributed by atoms with Crippen LogP contribution in [0.3, 0.4) is 0 Å². The predicted octanol–water partition coefficient (Wildman–Crippen LogP) is 4.94. The van der Waals surface area contributed by atoms with Gasteiger partial charge in [-0.2, -0.15) is 0 Å². The van der Waals surface area contributed by atoms with Crippen LogP contribution in [-0.2, 0) is 9.53 Å². The number of anilines is 1. The van der Waals surface area contributed by atoms with E-state index in [2.05, 4.69) is 17.0 Å². The Morgan fingerprint density at radius 3 is 2.36 bits per heavy atom. The number of benzene rings is 3. The lowest BCUT2D eigenvalue weighted by Gasteiger charge is -2.28. The zero-order chi connectivity index (χ0) is 30.6. The number of rotatable bonds is 8. The first-order chi connectivity index (χ1) is 21.5. The minimum Gasteiger partial charge on any atom is -0.493 e. The molecule has 0 N–H and O–H groups in total. The average molecular weight is 610 g/mol. The number of thiazole rings is 1. The van der Waals surface area contributed by atoms with Crippen LogP contribution in [0.5, 0.6) is 11.5 Å². The van der Waals surface area contributed by atoms with Crippen molar-refractivity contribution < 1.29 is 19.0 Å². The third kappa shape index (κ3) is 5.67. The zero-order valence-corrected chi connectivity index (χ0v) is 25.9. The topological polar surface area (TPSA) is 82.4 Å². The second-order valence-electron chi connectivity index (χ2n) is 10.7. The van der Waals surface area contributed by atoms with Crippen LogP contribution in [0, 0.1) is 0 Å². The zero-order valence-electron chi connectivity index (χ0n) is 25.1. The summed E-state index contributed by atoms with van der Waals surface area (Å²) in [5, 5.41) is 0. The molecule has 0 radical (unpaired) electrons. The molecule has 1 saturated heterocycles. The van der Waals surface area contributed by atoms with E-state index in [-0.39, 0.29) is 17.7 Å². The molecule has 2 aliphatic heterocycles. The number of hydrogen-bond acceptors (Lipinski definition) is 8. The highest BCUT2D eigenvalue weighted by Gasteiger charge is 2.35. The Labute approximate surface area is 260 Å². The van der Waals surface area contributed by atoms with Gasteiger partial charge in [-0.05, 0) is 67.7 Å². The summed E-state index contributed by atoms with van der Waals surface area (Å²) in [5.41, 5.74) is 4.08. The van der Waals surface area contributed by atoms with Gasteiger partial charge in [0.15, 0.2) is 16.3 Å². The van der Waals surface area contributed by atoms with Crippen molar-refractivity contribution in [3.63, 3.8) is 0 Å². The van der Waals surface area contributed by atoms with Gasteiger partial charge < -0.3 is 19.1 Å². The molecular formula is C35H35N3O5S. The first kappa shape index (κ1) is 29.4. The number of hydrogen-bond donors (Lipinski definition) is 0. The number of nitrogens with zero attached hydrogens (tertiary/aromatic N) is 3. The molecule has 6 rings (SSSR count). The maximum Gasteiger partial charge on any atom is 0.338 e. The number of ether oxygens (including phenoxy) is 3. The normalized spacial score (nSPS) is 16.8. The molecule has 0 aliphatic carbocycles. The van der Waals surface area contributed by atoms with Gasteiger partial charge in [0.05, 0.1) is 42.7 Å². The Morgan fingerprint density at radius 2 is 1.68 bits per heavy atom. The molecule has 3 aromatic carbocycles. The molecule has 0 spiro atoms. The van der Waals surface area contributed by atoms with Crippen LogP contribution < -0.4 is 29.3 Å². The largest absolute Gasteiger partial charge is 0.493 e. The van der Waals surface area contributed by atoms with Gasteiger partial charge in [0, 0.05) is 24.3 Å². The second kappa shape index (κ2) is 12.9. The number of piperidine rings is 1. The van der Waals surface area contributed by atoms with Crippen LogP contribution in [0.1, 0.15) is 48.9 Å². The minimum atomic E-state index is -0.802. The van der Waals surface area contributed by atoms with Gasteiger partial charge in [-0.15, -0.1) is 0 Å². The predicted molar refractivity (Wildman–Crippen MR) is 173 cm³/mol. The van der Waals surface area contributed by atoms with E-state index in [0.717, 1.165) is 24.2 Å². The van der Waals surface area contributed by atoms with Crippen molar-refractivity contribution in [3.8, 4) is 11.5 Å². The van der Waals surface area contributed by atoms with E-state index >= 15 is 0 Å². The van der Waals surface area contributed by atoms with Crippen molar-refractivity contribution in [2.24, 2.45) is 4.99 Å². The van der Waals surface area contributed by atoms with Crippen molar-refractivity contribution in [2.75, 3.05) is 38.8 Å². The SMILES string of the molecule is CCOC(=O)C1=C(c2ccccc2)N=c2s/c(=C/c3ccc(N4CCCCC4)cc3)c(=O)n2[C@@H]1c1ccc(OC)c(OC)c1. The van der Waals surface area contributed by atoms with Gasteiger partial charge in [-0.1, -0.05) is 59.9 Å². The van der Waals surface area contributed by atoms with Gasteiger partial charge in [-0.3, -0.25) is 9.36 Å². The average Bonchev–Trinajstić information content (AvgIpc) is 3.38. The Hall–Kier alpha value is -4.63. The van der Waals surface area contributed by atoms with E-state index in [1.165, 1.54) is 36.3 Å². The summed E-state index contributed by atoms with van der Waals surface area (Å²) in [6.45, 7) is 4.08. The number of methoxy groups -OCH3 is 2. The number of fused-ring (bicyclic) bond motifs is 1. The smallest absolute Gasteiger partial charge is 0.338 e. The molecule has 0 unspecified atom stereocenters. The monoisotopic (exact) mass is 609 g/mol. The number of carbonyl (C=O) groups is 1. The summed E-state index contributed by atoms with van der Waals surface area (Å²) in [5.74, 6) is 0.501. The Bertz CT molecular complexity index is 1870. The molecule has 3 heterocycles. The van der Waals surface area contributed by atoms with Crippen LogP contribution in [0.15, 0.2) is 88.2 Å². The summed E-state index contributed by atoms with van der Waals surface area (Å²) in [4.78, 5) is 35.7. The summed E-state index contributed by atoms with van der Waals surface area (Å²) in [6.07, 6.45) is 5.60. The lowest BCUT2D eigenvalue weighted by atomic mass is 9.93. The Balaban J connectivity index is 1.54. The van der Waals surface area contributed by atoms with E-state index in [9.17, 15) is 9.59 Å². The molecule has 8 nitrogen and oxygen atoms in total. The summed E-state index contributed by atoms with van der Waals surface area (Å²) < 4.78 is 18.8. The second-order valence-corrected chi connectivity index (χ2v) is 11.7. The molecule has 4 aromatic rings. The number of esters is 1. The fourth-order valence-corrected chi connectivity index (χ4v) is 6.86. The van der Waals surface area contributed by atoms with Crippen LogP contribution in [0.25, 0.3) is 11.8 Å². The number of aromatic nitrogens is 1. The summed E-state index contributed by atoms with van der Waals surface area (Å²) in [7, 11) is 3.12. The molecule has 1 fully saturated rings. The number of carbonyl (C=O) groups excluding carboxylic acids is 1. The summed E-state index contributed by atoms with van der Waals surface area (Å²) >= 11 is 1.31. The Morgan fingerprint density at radius 1 is 0.955 bits per heavy atom. The van der Waals surface area contributed by atoms with Crippen molar-refractivity contribution in [1.82, 2.24) is 4.57 Å². The molecule has 1 aromatic heterocycles. The fourth-order valence-electron chi connectivity index (χ4n) is 5.86. The Kier molecular flexibility index (Phi) is 8.65. The van der Waals surface area contributed by atoms with Crippen molar-refractivity contribution in [2.45, 2.75) is 32.2 Å². The van der Waals surface area contributed by atoms with E-state index < -0.39 is 12.0 Å². The minimum absolute atomic E-state index is 0.181.